The Kier molecular flexibility index (Phi) is 13.6. The Morgan fingerprint density at radius 3 is 1.63 bits per heavy atom. The van der Waals surface area contributed by atoms with Gasteiger partial charge in [0.2, 0.25) is 0 Å². The molecule has 4 heterocycles. The number of hydrogen-bond acceptors (Lipinski definition) is 11. The lowest BCUT2D eigenvalue weighted by molar-refractivity contribution is -0.386. The number of rotatable bonds is 9. The van der Waals surface area contributed by atoms with Crippen molar-refractivity contribution in [2.75, 3.05) is 83.1 Å². The lowest BCUT2D eigenvalue weighted by Gasteiger charge is -2.31. The fraction of sp³-hybridized carbons (Fsp3) is 0.625. The number of amides is 2. The second kappa shape index (κ2) is 17.4. The third kappa shape index (κ3) is 10.3. The van der Waals surface area contributed by atoms with E-state index in [1.54, 1.807) is 22.8 Å². The molecule has 14 heteroatoms. The standard InChI is InChI=1S/C16H24N4O4.C16H26N4O2/c1-4-24-16(21)19-9-7-12(8-10-19)11-13-14(20(22)23)5-6-15(17-13)18(2)3;1-4-22-16(21)20-9-7-12(8-10-20)11-14-13(17)5-6-15(18-14)19(2)3/h5-6,12H,4,7-11H2,1-3H3;5-6,12H,4,7-11,17H2,1-3H3. The maximum atomic E-state index is 11.7. The summed E-state index contributed by atoms with van der Waals surface area (Å²) in [5.74, 6) is 2.42. The number of piperidine rings is 2. The largest absolute Gasteiger partial charge is 0.450 e. The summed E-state index contributed by atoms with van der Waals surface area (Å²) in [4.78, 5) is 50.7. The van der Waals surface area contributed by atoms with Gasteiger partial charge in [-0.2, -0.15) is 0 Å². The molecular formula is C32H50N8O6. The summed E-state index contributed by atoms with van der Waals surface area (Å²) in [6.45, 7) is 7.13. The van der Waals surface area contributed by atoms with Gasteiger partial charge in [-0.1, -0.05) is 0 Å². The molecule has 0 spiro atoms. The van der Waals surface area contributed by atoms with E-state index in [0.29, 0.717) is 50.2 Å². The number of nitrogen functional groups attached to an aromatic ring is 1. The van der Waals surface area contributed by atoms with E-state index >= 15 is 0 Å². The van der Waals surface area contributed by atoms with Crippen LogP contribution in [0.1, 0.15) is 50.9 Å². The number of likely N-dealkylation sites (tertiary alicyclic amines) is 2. The van der Waals surface area contributed by atoms with E-state index in [1.807, 2.05) is 57.0 Å². The van der Waals surface area contributed by atoms with Crippen LogP contribution >= 0.6 is 0 Å². The minimum absolute atomic E-state index is 0.0634. The van der Waals surface area contributed by atoms with Crippen molar-refractivity contribution in [2.45, 2.75) is 52.4 Å². The summed E-state index contributed by atoms with van der Waals surface area (Å²) in [6, 6.07) is 7.03. The van der Waals surface area contributed by atoms with Crippen molar-refractivity contribution in [1.29, 1.82) is 0 Å². The van der Waals surface area contributed by atoms with E-state index in [2.05, 4.69) is 9.97 Å². The number of aromatic nitrogens is 2. The second-order valence-corrected chi connectivity index (χ2v) is 12.1. The molecule has 0 aliphatic carbocycles. The van der Waals surface area contributed by atoms with Gasteiger partial charge in [-0.3, -0.25) is 10.1 Å². The normalized spacial score (nSPS) is 15.4. The minimum Gasteiger partial charge on any atom is -0.450 e. The van der Waals surface area contributed by atoms with Crippen LogP contribution in [0.4, 0.5) is 32.6 Å². The molecule has 0 saturated carbocycles. The first-order valence-corrected chi connectivity index (χ1v) is 16.0. The molecule has 2 saturated heterocycles. The van der Waals surface area contributed by atoms with Crippen LogP contribution in [0, 0.1) is 22.0 Å². The van der Waals surface area contributed by atoms with E-state index in [9.17, 15) is 19.7 Å². The number of carbonyl (C=O) groups is 2. The molecule has 46 heavy (non-hydrogen) atoms. The van der Waals surface area contributed by atoms with Crippen LogP contribution in [0.15, 0.2) is 24.3 Å². The van der Waals surface area contributed by atoms with E-state index < -0.39 is 0 Å². The summed E-state index contributed by atoms with van der Waals surface area (Å²) >= 11 is 0. The van der Waals surface area contributed by atoms with Gasteiger partial charge in [0.1, 0.15) is 17.3 Å². The highest BCUT2D eigenvalue weighted by Crippen LogP contribution is 2.28. The van der Waals surface area contributed by atoms with Gasteiger partial charge >= 0.3 is 12.2 Å². The zero-order valence-electron chi connectivity index (χ0n) is 28.1. The molecule has 2 amide bonds. The third-order valence-corrected chi connectivity index (χ3v) is 8.29. The quantitative estimate of drug-likeness (QED) is 0.301. The Morgan fingerprint density at radius 2 is 1.22 bits per heavy atom. The number of nitro groups is 1. The van der Waals surface area contributed by atoms with Gasteiger partial charge in [0, 0.05) is 60.4 Å². The van der Waals surface area contributed by atoms with Gasteiger partial charge < -0.3 is 34.8 Å². The Labute approximate surface area is 272 Å². The molecule has 2 aromatic rings. The minimum atomic E-state index is -0.379. The van der Waals surface area contributed by atoms with E-state index in [1.165, 1.54) is 6.07 Å². The highest BCUT2D eigenvalue weighted by atomic mass is 16.6. The van der Waals surface area contributed by atoms with Crippen molar-refractivity contribution >= 4 is 35.2 Å². The molecule has 0 atom stereocenters. The number of anilines is 3. The molecule has 4 rings (SSSR count). The number of pyridine rings is 2. The maximum absolute atomic E-state index is 11.7. The van der Waals surface area contributed by atoms with Crippen LogP contribution in [0.25, 0.3) is 0 Å². The van der Waals surface area contributed by atoms with Crippen LogP contribution in [-0.2, 0) is 22.3 Å². The van der Waals surface area contributed by atoms with Crippen LogP contribution in [0.3, 0.4) is 0 Å². The Hall–Kier alpha value is -4.36. The summed E-state index contributed by atoms with van der Waals surface area (Å²) in [7, 11) is 7.66. The van der Waals surface area contributed by atoms with Gasteiger partial charge in [-0.25, -0.2) is 19.6 Å². The van der Waals surface area contributed by atoms with E-state index in [4.69, 9.17) is 15.2 Å². The molecule has 14 nitrogen and oxygen atoms in total. The summed E-state index contributed by atoms with van der Waals surface area (Å²) < 4.78 is 10.1. The van der Waals surface area contributed by atoms with Crippen LogP contribution in [-0.4, -0.2) is 104 Å². The van der Waals surface area contributed by atoms with Crippen molar-refractivity contribution in [3.05, 3.63) is 45.8 Å². The van der Waals surface area contributed by atoms with Crippen molar-refractivity contribution in [3.63, 3.8) is 0 Å². The van der Waals surface area contributed by atoms with Gasteiger partial charge in [-0.05, 0) is 82.4 Å². The first-order chi connectivity index (χ1) is 21.9. The molecule has 0 bridgehead atoms. The predicted octanol–water partition coefficient (Wildman–Crippen LogP) is 4.61. The highest BCUT2D eigenvalue weighted by molar-refractivity contribution is 5.68. The topological polar surface area (TPSA) is 160 Å². The first kappa shape index (κ1) is 36.1. The smallest absolute Gasteiger partial charge is 0.409 e. The predicted molar refractivity (Wildman–Crippen MR) is 178 cm³/mol. The van der Waals surface area contributed by atoms with Crippen LogP contribution in [0.5, 0.6) is 0 Å². The average molecular weight is 643 g/mol. The van der Waals surface area contributed by atoms with Crippen molar-refractivity contribution in [3.8, 4) is 0 Å². The SMILES string of the molecule is CCOC(=O)N1CCC(Cc2nc(N(C)C)ccc2N)CC1.CCOC(=O)N1CCC(Cc2nc(N(C)C)ccc2[N+](=O)[O-])CC1. The zero-order valence-corrected chi connectivity index (χ0v) is 28.1. The molecule has 254 valence electrons. The number of carbonyl (C=O) groups excluding carboxylic acids is 2. The van der Waals surface area contributed by atoms with Crippen molar-refractivity contribution < 1.29 is 24.0 Å². The van der Waals surface area contributed by atoms with Crippen molar-refractivity contribution in [2.24, 2.45) is 11.8 Å². The first-order valence-electron chi connectivity index (χ1n) is 16.0. The van der Waals surface area contributed by atoms with Gasteiger partial charge in [0.05, 0.1) is 29.5 Å². The molecule has 2 aromatic heterocycles. The Bertz CT molecular complexity index is 1310. The van der Waals surface area contributed by atoms with E-state index in [0.717, 1.165) is 62.4 Å². The van der Waals surface area contributed by atoms with Crippen molar-refractivity contribution in [1.82, 2.24) is 19.8 Å². The molecule has 2 aliphatic heterocycles. The highest BCUT2D eigenvalue weighted by Gasteiger charge is 2.27. The molecule has 2 fully saturated rings. The van der Waals surface area contributed by atoms with Gasteiger partial charge in [0.25, 0.3) is 5.69 Å². The number of ether oxygens (including phenoxy) is 2. The lowest BCUT2D eigenvalue weighted by atomic mass is 9.91. The zero-order chi connectivity index (χ0) is 33.8. The van der Waals surface area contributed by atoms with Gasteiger partial charge in [0.15, 0.2) is 0 Å². The average Bonchev–Trinajstić information content (AvgIpc) is 3.03. The third-order valence-electron chi connectivity index (χ3n) is 8.29. The van der Waals surface area contributed by atoms with Gasteiger partial charge in [-0.15, -0.1) is 0 Å². The van der Waals surface area contributed by atoms with Crippen LogP contribution in [0.2, 0.25) is 0 Å². The van der Waals surface area contributed by atoms with Crippen LogP contribution < -0.4 is 15.5 Å². The molecular weight excluding hydrogens is 592 g/mol. The monoisotopic (exact) mass is 642 g/mol. The Morgan fingerprint density at radius 1 is 0.804 bits per heavy atom. The summed E-state index contributed by atoms with van der Waals surface area (Å²) in [5, 5.41) is 11.2. The summed E-state index contributed by atoms with van der Waals surface area (Å²) in [5.41, 5.74) is 8.34. The lowest BCUT2D eigenvalue weighted by Crippen LogP contribution is -2.39. The summed E-state index contributed by atoms with van der Waals surface area (Å²) in [6.07, 6.45) is 4.45. The maximum Gasteiger partial charge on any atom is 0.409 e. The molecule has 0 aromatic carbocycles. The van der Waals surface area contributed by atoms with E-state index in [-0.39, 0.29) is 28.7 Å². The second-order valence-electron chi connectivity index (χ2n) is 12.1. The molecule has 2 aliphatic rings. The fourth-order valence-corrected chi connectivity index (χ4v) is 5.58. The Balaban J connectivity index is 0.000000251. The number of nitrogens with two attached hydrogens (primary N) is 1. The number of hydrogen-bond donors (Lipinski definition) is 1. The fourth-order valence-electron chi connectivity index (χ4n) is 5.58. The molecule has 2 N–H and O–H groups in total. The molecule has 0 unspecified atom stereocenters. The molecule has 0 radical (unpaired) electrons. The number of nitrogens with zero attached hydrogens (tertiary/aromatic N) is 7.